The molecule has 4 aromatic carbocycles. The SMILES string of the molecule is CCCCB1N=c2/c(=C3\C(=O)C(c4ccc5cc(C)cc6c5c4NB(CCCC)N6)=C3O)ccc3cc(C)cc(c23)N1. The van der Waals surface area contributed by atoms with E-state index in [9.17, 15) is 9.90 Å². The second kappa shape index (κ2) is 10.3. The van der Waals surface area contributed by atoms with E-state index in [0.717, 1.165) is 87.9 Å². The van der Waals surface area contributed by atoms with Gasteiger partial charge in [-0.2, -0.15) is 0 Å². The highest BCUT2D eigenvalue weighted by Gasteiger charge is 2.39. The minimum atomic E-state index is -0.134. The molecule has 0 radical (unpaired) electrons. The lowest BCUT2D eigenvalue weighted by Crippen LogP contribution is -2.41. The van der Waals surface area contributed by atoms with E-state index in [0.29, 0.717) is 16.4 Å². The number of hydrogen-bond donors (Lipinski definition) is 4. The van der Waals surface area contributed by atoms with Crippen LogP contribution in [0.15, 0.2) is 59.2 Å². The van der Waals surface area contributed by atoms with E-state index < -0.39 is 0 Å². The highest BCUT2D eigenvalue weighted by molar-refractivity contribution is 6.68. The number of nitrogens with one attached hydrogen (secondary N) is 3. The number of carbonyl (C=O) groups excluding carboxylic acids is 1. The fraction of sp³-hybridized carbons (Fsp3) is 0.294. The van der Waals surface area contributed by atoms with E-state index >= 15 is 0 Å². The van der Waals surface area contributed by atoms with Crippen molar-refractivity contribution in [1.82, 2.24) is 0 Å². The Bertz CT molecular complexity index is 1970. The number of Topliss-reactive ketones (excluding diaryl/α,β-unsaturated/α-hetero) is 1. The highest BCUT2D eigenvalue weighted by atomic mass is 16.3. The number of hydrogen-bond acceptors (Lipinski definition) is 6. The van der Waals surface area contributed by atoms with Crippen molar-refractivity contribution in [2.24, 2.45) is 4.90 Å². The van der Waals surface area contributed by atoms with E-state index in [1.807, 2.05) is 18.2 Å². The van der Waals surface area contributed by atoms with Gasteiger partial charge in [-0.05, 0) is 60.5 Å². The lowest BCUT2D eigenvalue weighted by Gasteiger charge is -2.31. The molecule has 0 saturated carbocycles. The molecule has 2 heterocycles. The average molecular weight is 554 g/mol. The van der Waals surface area contributed by atoms with Gasteiger partial charge in [-0.1, -0.05) is 75.9 Å². The van der Waals surface area contributed by atoms with Gasteiger partial charge in [0.25, 0.3) is 0 Å². The number of carbonyl (C=O) groups is 1. The Labute approximate surface area is 247 Å². The molecule has 1 aliphatic carbocycles. The molecule has 4 N–H and O–H groups in total. The first kappa shape index (κ1) is 26.7. The molecule has 0 fully saturated rings. The van der Waals surface area contributed by atoms with Gasteiger partial charge in [0.15, 0.2) is 0 Å². The molecule has 0 spiro atoms. The third-order valence-electron chi connectivity index (χ3n) is 8.90. The summed E-state index contributed by atoms with van der Waals surface area (Å²) in [5.74, 6) is -0.0805. The molecule has 0 aromatic heterocycles. The van der Waals surface area contributed by atoms with Crippen LogP contribution in [0.3, 0.4) is 0 Å². The number of benzene rings is 4. The van der Waals surface area contributed by atoms with Crippen molar-refractivity contribution >= 4 is 69.5 Å². The molecule has 0 atom stereocenters. The lowest BCUT2D eigenvalue weighted by molar-refractivity contribution is -0.109. The number of nitrogens with zero attached hydrogens (tertiary/aromatic N) is 1. The first-order valence-electron chi connectivity index (χ1n) is 15.4. The Balaban J connectivity index is 1.43. The Hall–Kier alpha value is -4.19. The van der Waals surface area contributed by atoms with Gasteiger partial charge < -0.3 is 25.7 Å². The third-order valence-corrected chi connectivity index (χ3v) is 8.90. The number of ketones is 1. The quantitative estimate of drug-likeness (QED) is 0.190. The molecule has 0 unspecified atom stereocenters. The van der Waals surface area contributed by atoms with Gasteiger partial charge in [0.2, 0.25) is 5.78 Å². The van der Waals surface area contributed by atoms with E-state index in [1.54, 1.807) is 0 Å². The molecule has 8 heteroatoms. The molecule has 0 amide bonds. The van der Waals surface area contributed by atoms with Crippen LogP contribution in [0.5, 0.6) is 0 Å². The summed E-state index contributed by atoms with van der Waals surface area (Å²) >= 11 is 0. The fourth-order valence-electron chi connectivity index (χ4n) is 6.89. The summed E-state index contributed by atoms with van der Waals surface area (Å²) in [6, 6.07) is 16.7. The van der Waals surface area contributed by atoms with Crippen molar-refractivity contribution in [3.63, 3.8) is 0 Å². The minimum absolute atomic E-state index is 0.0535. The van der Waals surface area contributed by atoms with Gasteiger partial charge in [0.1, 0.15) is 5.76 Å². The first-order valence-corrected chi connectivity index (χ1v) is 15.4. The number of rotatable bonds is 7. The average Bonchev–Trinajstić information content (AvgIpc) is 2.97. The van der Waals surface area contributed by atoms with Gasteiger partial charge in [-0.3, -0.25) is 4.79 Å². The van der Waals surface area contributed by atoms with Crippen molar-refractivity contribution in [2.45, 2.75) is 66.0 Å². The predicted molar refractivity (Wildman–Crippen MR) is 178 cm³/mol. The van der Waals surface area contributed by atoms with Crippen molar-refractivity contribution < 1.29 is 9.90 Å². The van der Waals surface area contributed by atoms with E-state index in [1.165, 1.54) is 11.1 Å². The van der Waals surface area contributed by atoms with Crippen LogP contribution < -0.4 is 26.3 Å². The molecule has 3 aliphatic rings. The van der Waals surface area contributed by atoms with Crippen LogP contribution in [-0.2, 0) is 4.79 Å². The maximum atomic E-state index is 14.0. The monoisotopic (exact) mass is 554 g/mol. The number of allylic oxidation sites excluding steroid dienone is 2. The summed E-state index contributed by atoms with van der Waals surface area (Å²) < 4.78 is 0. The zero-order chi connectivity index (χ0) is 29.1. The molecule has 0 bridgehead atoms. The fourth-order valence-corrected chi connectivity index (χ4v) is 6.89. The second-order valence-electron chi connectivity index (χ2n) is 12.1. The van der Waals surface area contributed by atoms with Crippen LogP contribution in [0.2, 0.25) is 12.6 Å². The van der Waals surface area contributed by atoms with Gasteiger partial charge >= 0.3 is 14.0 Å². The maximum absolute atomic E-state index is 14.0. The topological polar surface area (TPSA) is 85.8 Å². The zero-order valence-corrected chi connectivity index (χ0v) is 24.8. The zero-order valence-electron chi connectivity index (χ0n) is 24.8. The summed E-state index contributed by atoms with van der Waals surface area (Å²) in [7, 11) is 0. The number of anilines is 3. The molecule has 42 heavy (non-hydrogen) atoms. The van der Waals surface area contributed by atoms with E-state index in [4.69, 9.17) is 4.90 Å². The number of unbranched alkanes of at least 4 members (excludes halogenated alkanes) is 2. The van der Waals surface area contributed by atoms with Crippen LogP contribution in [0.25, 0.3) is 32.7 Å². The molecule has 4 aromatic rings. The van der Waals surface area contributed by atoms with Crippen molar-refractivity contribution in [3.8, 4) is 0 Å². The molecule has 0 saturated heterocycles. The van der Waals surface area contributed by atoms with Crippen LogP contribution in [0.4, 0.5) is 17.1 Å². The minimum Gasteiger partial charge on any atom is -0.506 e. The largest absolute Gasteiger partial charge is 0.506 e. The molecule has 2 aliphatic heterocycles. The summed E-state index contributed by atoms with van der Waals surface area (Å²) in [6.07, 6.45) is 6.23. The van der Waals surface area contributed by atoms with Gasteiger partial charge in [-0.25, -0.2) is 0 Å². The standard InChI is InChI=1S/C34H36B2N4O2/c1-5-7-13-35-37-25-17-19(3)15-21-9-11-23(31(39-35)27(21)25)29-33(41)30(34(29)42)24-12-10-22-16-20(4)18-26-28(22)32(24)40-36(38-26)14-8-6-2/h9-12,15-18,37-39,41H,5-8,13-14H2,1-4H3/b30-24-. The van der Waals surface area contributed by atoms with Crippen molar-refractivity contribution in [1.29, 1.82) is 0 Å². The van der Waals surface area contributed by atoms with Gasteiger partial charge in [-0.15, -0.1) is 0 Å². The van der Waals surface area contributed by atoms with E-state index in [-0.39, 0.29) is 25.5 Å². The third kappa shape index (κ3) is 4.19. The number of aliphatic hydroxyl groups excluding tert-OH is 1. The number of aliphatic hydroxyl groups is 1. The van der Waals surface area contributed by atoms with Gasteiger partial charge in [0.05, 0.1) is 16.5 Å². The predicted octanol–water partition coefficient (Wildman–Crippen LogP) is 6.77. The summed E-state index contributed by atoms with van der Waals surface area (Å²) in [5, 5.41) is 28.4. The van der Waals surface area contributed by atoms with Crippen LogP contribution in [0.1, 0.15) is 56.2 Å². The number of aryl methyl sites for hydroxylation is 2. The molecular formula is C34H36B2N4O2. The van der Waals surface area contributed by atoms with Crippen molar-refractivity contribution in [3.05, 3.63) is 81.6 Å². The lowest BCUT2D eigenvalue weighted by atomic mass is 9.67. The molecule has 210 valence electrons. The van der Waals surface area contributed by atoms with Crippen LogP contribution in [0, 0.1) is 13.8 Å². The summed E-state index contributed by atoms with van der Waals surface area (Å²) in [5.41, 5.74) is 6.90. The Morgan fingerprint density at radius 3 is 2.17 bits per heavy atom. The first-order chi connectivity index (χ1) is 20.4. The molecule has 7 rings (SSSR count). The smallest absolute Gasteiger partial charge is 0.392 e. The molecule has 6 nitrogen and oxygen atoms in total. The van der Waals surface area contributed by atoms with Crippen LogP contribution in [-0.4, -0.2) is 24.9 Å². The van der Waals surface area contributed by atoms with Crippen molar-refractivity contribution in [2.75, 3.05) is 15.7 Å². The summed E-state index contributed by atoms with van der Waals surface area (Å²) in [4.78, 5) is 19.2. The summed E-state index contributed by atoms with van der Waals surface area (Å²) in [6.45, 7) is 8.58. The highest BCUT2D eigenvalue weighted by Crippen LogP contribution is 2.45. The normalized spacial score (nSPS) is 16.7. The van der Waals surface area contributed by atoms with E-state index in [2.05, 4.69) is 73.7 Å². The Kier molecular flexibility index (Phi) is 6.52. The molecular weight excluding hydrogens is 518 g/mol. The Morgan fingerprint density at radius 2 is 1.45 bits per heavy atom. The second-order valence-corrected chi connectivity index (χ2v) is 12.1. The Morgan fingerprint density at radius 1 is 0.786 bits per heavy atom. The van der Waals surface area contributed by atoms with Gasteiger partial charge in [0, 0.05) is 38.6 Å². The van der Waals surface area contributed by atoms with Crippen LogP contribution >= 0.6 is 0 Å². The maximum Gasteiger partial charge on any atom is 0.392 e.